The van der Waals surface area contributed by atoms with Crippen LogP contribution in [0.25, 0.3) is 0 Å². The van der Waals surface area contributed by atoms with Gasteiger partial charge in [-0.15, -0.1) is 0 Å². The molecule has 0 spiro atoms. The van der Waals surface area contributed by atoms with Gasteiger partial charge in [-0.25, -0.2) is 0 Å². The first-order chi connectivity index (χ1) is 6.59. The van der Waals surface area contributed by atoms with Crippen molar-refractivity contribution in [2.45, 2.75) is 26.7 Å². The van der Waals surface area contributed by atoms with Gasteiger partial charge in [0.2, 0.25) is 0 Å². The number of hydrogen-bond acceptors (Lipinski definition) is 1. The molecular formula is C12H15FO. The van der Waals surface area contributed by atoms with Crippen LogP contribution in [0, 0.1) is 5.92 Å². The largest absolute Gasteiger partial charge is 0.301 e. The zero-order chi connectivity index (χ0) is 10.6. The molecule has 1 atom stereocenters. The molecule has 0 aliphatic heterocycles. The normalized spacial score (nSPS) is 21.2. The second-order valence-electron chi connectivity index (χ2n) is 3.64. The molecule has 0 aromatic carbocycles. The van der Waals surface area contributed by atoms with Crippen LogP contribution in [0.2, 0.25) is 0 Å². The molecule has 0 bridgehead atoms. The summed E-state index contributed by atoms with van der Waals surface area (Å²) in [6.45, 7) is 4.07. The van der Waals surface area contributed by atoms with Crippen LogP contribution in [0.1, 0.15) is 26.7 Å². The molecule has 0 aromatic heterocycles. The molecule has 0 amide bonds. The van der Waals surface area contributed by atoms with Gasteiger partial charge >= 0.3 is 6.04 Å². The van der Waals surface area contributed by atoms with Gasteiger partial charge < -0.3 is 0 Å². The van der Waals surface area contributed by atoms with Crippen molar-refractivity contribution in [2.75, 3.05) is 0 Å². The molecule has 1 aliphatic carbocycles. The van der Waals surface area contributed by atoms with Crippen molar-refractivity contribution < 1.29 is 9.18 Å². The maximum Gasteiger partial charge on any atom is 0.301 e. The molecule has 0 heterocycles. The SMILES string of the molecule is CC1=CC=CC(CCC(=O)F)C=C1C. The average Bonchev–Trinajstić information content (AvgIpc) is 2.26. The molecule has 0 N–H and O–H groups in total. The fraction of sp³-hybridized carbons (Fsp3) is 0.417. The van der Waals surface area contributed by atoms with E-state index in [2.05, 4.69) is 6.08 Å². The lowest BCUT2D eigenvalue weighted by Gasteiger charge is -2.06. The second kappa shape index (κ2) is 4.89. The molecule has 1 aliphatic rings. The maximum atomic E-state index is 12.0. The third-order valence-electron chi connectivity index (χ3n) is 2.46. The quantitative estimate of drug-likeness (QED) is 0.630. The zero-order valence-electron chi connectivity index (χ0n) is 8.59. The number of rotatable bonds is 3. The lowest BCUT2D eigenvalue weighted by Crippen LogP contribution is -1.97. The Labute approximate surface area is 84.0 Å². The minimum atomic E-state index is -1.22. The van der Waals surface area contributed by atoms with Crippen LogP contribution >= 0.6 is 0 Å². The molecule has 14 heavy (non-hydrogen) atoms. The highest BCUT2D eigenvalue weighted by Gasteiger charge is 2.08. The van der Waals surface area contributed by atoms with Crippen LogP contribution in [0.5, 0.6) is 0 Å². The number of hydrogen-bond donors (Lipinski definition) is 0. The van der Waals surface area contributed by atoms with E-state index in [-0.39, 0.29) is 12.3 Å². The van der Waals surface area contributed by atoms with E-state index in [4.69, 9.17) is 0 Å². The van der Waals surface area contributed by atoms with Crippen molar-refractivity contribution in [2.24, 2.45) is 5.92 Å². The van der Waals surface area contributed by atoms with Gasteiger partial charge in [0.15, 0.2) is 0 Å². The molecule has 76 valence electrons. The average molecular weight is 194 g/mol. The molecule has 1 rings (SSSR count). The highest BCUT2D eigenvalue weighted by Crippen LogP contribution is 2.20. The number of carbonyl (C=O) groups excluding carboxylic acids is 1. The Kier molecular flexibility index (Phi) is 3.81. The second-order valence-corrected chi connectivity index (χ2v) is 3.64. The first-order valence-electron chi connectivity index (χ1n) is 4.82. The number of carbonyl (C=O) groups is 1. The summed E-state index contributed by atoms with van der Waals surface area (Å²) in [6.07, 6.45) is 8.65. The van der Waals surface area contributed by atoms with Gasteiger partial charge in [-0.2, -0.15) is 4.39 Å². The Bertz CT molecular complexity index is 310. The molecular weight excluding hydrogens is 179 g/mol. The van der Waals surface area contributed by atoms with Crippen LogP contribution in [0.3, 0.4) is 0 Å². The van der Waals surface area contributed by atoms with Gasteiger partial charge in [0.25, 0.3) is 0 Å². The fourth-order valence-corrected chi connectivity index (χ4v) is 1.44. The summed E-state index contributed by atoms with van der Waals surface area (Å²) < 4.78 is 12.0. The minimum absolute atomic E-state index is 0.0117. The molecule has 2 heteroatoms. The van der Waals surface area contributed by atoms with Crippen molar-refractivity contribution in [3.63, 3.8) is 0 Å². The van der Waals surface area contributed by atoms with E-state index in [9.17, 15) is 9.18 Å². The summed E-state index contributed by atoms with van der Waals surface area (Å²) in [7, 11) is 0. The molecule has 0 fully saturated rings. The highest BCUT2D eigenvalue weighted by atomic mass is 19.1. The lowest BCUT2D eigenvalue weighted by atomic mass is 10.00. The molecule has 0 saturated carbocycles. The van der Waals surface area contributed by atoms with Crippen LogP contribution < -0.4 is 0 Å². The Morgan fingerprint density at radius 2 is 2.14 bits per heavy atom. The summed E-state index contributed by atoms with van der Waals surface area (Å²) in [5, 5.41) is 0. The zero-order valence-corrected chi connectivity index (χ0v) is 8.59. The standard InChI is InChI=1S/C12H15FO/c1-9-4-3-5-11(8-10(9)2)6-7-12(13)14/h3-5,8,11H,6-7H2,1-2H3. The van der Waals surface area contributed by atoms with Crippen molar-refractivity contribution >= 4 is 6.04 Å². The predicted octanol–water partition coefficient (Wildman–Crippen LogP) is 3.34. The van der Waals surface area contributed by atoms with Crippen molar-refractivity contribution in [3.8, 4) is 0 Å². The molecule has 1 nitrogen and oxygen atoms in total. The summed E-state index contributed by atoms with van der Waals surface area (Å²) in [6, 6.07) is -1.22. The first-order valence-corrected chi connectivity index (χ1v) is 4.82. The van der Waals surface area contributed by atoms with Gasteiger partial charge in [0, 0.05) is 6.42 Å². The lowest BCUT2D eigenvalue weighted by molar-refractivity contribution is -0.129. The Morgan fingerprint density at radius 1 is 1.43 bits per heavy atom. The van der Waals surface area contributed by atoms with Gasteiger partial charge in [-0.05, 0) is 31.8 Å². The van der Waals surface area contributed by atoms with Crippen molar-refractivity contribution in [1.29, 1.82) is 0 Å². The Balaban J connectivity index is 2.61. The summed E-state index contributed by atoms with van der Waals surface area (Å²) >= 11 is 0. The van der Waals surface area contributed by atoms with Gasteiger partial charge in [-0.3, -0.25) is 4.79 Å². The Hall–Kier alpha value is -1.18. The Morgan fingerprint density at radius 3 is 2.79 bits per heavy atom. The first kappa shape index (κ1) is 10.9. The molecule has 0 radical (unpaired) electrons. The van der Waals surface area contributed by atoms with E-state index in [0.29, 0.717) is 6.42 Å². The maximum absolute atomic E-state index is 12.0. The van der Waals surface area contributed by atoms with Crippen molar-refractivity contribution in [3.05, 3.63) is 35.5 Å². The summed E-state index contributed by atoms with van der Waals surface area (Å²) in [4.78, 5) is 10.2. The van der Waals surface area contributed by atoms with E-state index in [1.54, 1.807) is 0 Å². The monoisotopic (exact) mass is 194 g/mol. The van der Waals surface area contributed by atoms with E-state index < -0.39 is 6.04 Å². The van der Waals surface area contributed by atoms with E-state index in [0.717, 1.165) is 0 Å². The smallest absolute Gasteiger partial charge is 0.261 e. The van der Waals surface area contributed by atoms with Gasteiger partial charge in [-0.1, -0.05) is 29.9 Å². The third-order valence-corrected chi connectivity index (χ3v) is 2.46. The van der Waals surface area contributed by atoms with Crippen molar-refractivity contribution in [1.82, 2.24) is 0 Å². The summed E-state index contributed by atoms with van der Waals surface area (Å²) in [5.74, 6) is 0.184. The van der Waals surface area contributed by atoms with Crippen LogP contribution in [0.15, 0.2) is 35.5 Å². The van der Waals surface area contributed by atoms with Gasteiger partial charge in [0.1, 0.15) is 0 Å². The van der Waals surface area contributed by atoms with E-state index >= 15 is 0 Å². The van der Waals surface area contributed by atoms with Gasteiger partial charge in [0.05, 0.1) is 0 Å². The van der Waals surface area contributed by atoms with E-state index in [1.807, 2.05) is 32.1 Å². The molecule has 0 aromatic rings. The fourth-order valence-electron chi connectivity index (χ4n) is 1.44. The third kappa shape index (κ3) is 3.29. The van der Waals surface area contributed by atoms with Crippen LogP contribution in [-0.2, 0) is 4.79 Å². The predicted molar refractivity (Wildman–Crippen MR) is 55.5 cm³/mol. The summed E-state index contributed by atoms with van der Waals surface area (Å²) in [5.41, 5.74) is 2.42. The minimum Gasteiger partial charge on any atom is -0.261 e. The highest BCUT2D eigenvalue weighted by molar-refractivity contribution is 5.67. The molecule has 1 unspecified atom stereocenters. The van der Waals surface area contributed by atoms with E-state index in [1.165, 1.54) is 11.1 Å². The van der Waals surface area contributed by atoms with Crippen LogP contribution in [-0.4, -0.2) is 6.04 Å². The number of allylic oxidation sites excluding steroid dienone is 6. The number of halogens is 1. The van der Waals surface area contributed by atoms with Crippen LogP contribution in [0.4, 0.5) is 4.39 Å². The molecule has 0 saturated heterocycles. The topological polar surface area (TPSA) is 17.1 Å².